The normalized spacial score (nSPS) is 17.5. The lowest BCUT2D eigenvalue weighted by atomic mass is 10.1. The molecule has 1 aliphatic rings. The summed E-state index contributed by atoms with van der Waals surface area (Å²) in [6.07, 6.45) is 0.788. The third-order valence-corrected chi connectivity index (χ3v) is 4.55. The van der Waals surface area contributed by atoms with E-state index in [0.29, 0.717) is 36.8 Å². The number of benzene rings is 1. The van der Waals surface area contributed by atoms with Gasteiger partial charge in [-0.05, 0) is 52.3 Å². The molecular formula is C20H28ClN3O4. The van der Waals surface area contributed by atoms with E-state index in [1.807, 2.05) is 20.8 Å². The van der Waals surface area contributed by atoms with Gasteiger partial charge in [0.1, 0.15) is 11.6 Å². The first-order valence-electron chi connectivity index (χ1n) is 9.40. The van der Waals surface area contributed by atoms with Gasteiger partial charge >= 0.3 is 12.0 Å². The summed E-state index contributed by atoms with van der Waals surface area (Å²) >= 11 is 5.93. The molecule has 0 radical (unpaired) electrons. The van der Waals surface area contributed by atoms with Crippen molar-refractivity contribution >= 4 is 35.2 Å². The van der Waals surface area contributed by atoms with Crippen molar-refractivity contribution in [3.8, 4) is 0 Å². The molecule has 7 nitrogen and oxygen atoms in total. The number of esters is 1. The molecule has 1 atom stereocenters. The molecule has 3 amide bonds. The molecule has 154 valence electrons. The third-order valence-electron chi connectivity index (χ3n) is 4.31. The number of anilines is 1. The Labute approximate surface area is 171 Å². The molecule has 8 heteroatoms. The molecule has 0 bridgehead atoms. The highest BCUT2D eigenvalue weighted by atomic mass is 35.5. The molecule has 1 aromatic rings. The Morgan fingerprint density at radius 1 is 1.29 bits per heavy atom. The summed E-state index contributed by atoms with van der Waals surface area (Å²) in [5.74, 6) is -0.399. The number of rotatable bonds is 5. The van der Waals surface area contributed by atoms with Crippen molar-refractivity contribution in [3.63, 3.8) is 0 Å². The summed E-state index contributed by atoms with van der Waals surface area (Å²) in [6, 6.07) is 5.95. The summed E-state index contributed by atoms with van der Waals surface area (Å²) in [7, 11) is 0. The smallest absolute Gasteiger partial charge is 0.322 e. The molecule has 1 aliphatic heterocycles. The molecule has 2 rings (SSSR count). The molecule has 1 N–H and O–H groups in total. The van der Waals surface area contributed by atoms with Crippen LogP contribution in [0, 0.1) is 0 Å². The maximum Gasteiger partial charge on any atom is 0.322 e. The second kappa shape index (κ2) is 9.28. The van der Waals surface area contributed by atoms with Gasteiger partial charge < -0.3 is 19.9 Å². The van der Waals surface area contributed by atoms with Gasteiger partial charge in [0.2, 0.25) is 5.91 Å². The van der Waals surface area contributed by atoms with Crippen LogP contribution in [0.25, 0.3) is 0 Å². The van der Waals surface area contributed by atoms with Gasteiger partial charge in [-0.2, -0.15) is 0 Å². The Morgan fingerprint density at radius 2 is 2.00 bits per heavy atom. The number of piperazine rings is 1. The monoisotopic (exact) mass is 409 g/mol. The fourth-order valence-corrected chi connectivity index (χ4v) is 3.19. The minimum atomic E-state index is -0.575. The number of carbonyl (C=O) groups is 3. The molecule has 1 aromatic carbocycles. The number of carbonyl (C=O) groups excluding carboxylic acids is 3. The van der Waals surface area contributed by atoms with E-state index in [1.54, 1.807) is 36.1 Å². The number of nitrogens with zero attached hydrogens (tertiary/aromatic N) is 2. The standard InChI is InChI=1S/C20H28ClN3O4/c1-14-18(26)23(10-6-9-17(25)28-20(2,3)4)11-12-24(14)19(27)22-16-8-5-7-15(21)13-16/h5,7-8,13-14H,6,9-12H2,1-4H3,(H,22,27)/t14-/m0/s1. The van der Waals surface area contributed by atoms with Gasteiger partial charge in [-0.3, -0.25) is 9.59 Å². The first-order valence-corrected chi connectivity index (χ1v) is 9.78. The maximum atomic E-state index is 12.6. The highest BCUT2D eigenvalue weighted by Gasteiger charge is 2.34. The molecule has 1 saturated heterocycles. The third kappa shape index (κ3) is 6.41. The van der Waals surface area contributed by atoms with Crippen LogP contribution < -0.4 is 5.32 Å². The zero-order valence-corrected chi connectivity index (χ0v) is 17.6. The van der Waals surface area contributed by atoms with E-state index < -0.39 is 11.6 Å². The van der Waals surface area contributed by atoms with Gasteiger partial charge in [-0.15, -0.1) is 0 Å². The van der Waals surface area contributed by atoms with Gasteiger partial charge in [-0.1, -0.05) is 17.7 Å². The molecule has 0 aromatic heterocycles. The molecule has 1 heterocycles. The zero-order chi connectivity index (χ0) is 20.9. The Bertz CT molecular complexity index is 732. The van der Waals surface area contributed by atoms with E-state index in [-0.39, 0.29) is 24.3 Å². The predicted octanol–water partition coefficient (Wildman–Crippen LogP) is 3.53. The molecule has 28 heavy (non-hydrogen) atoms. The van der Waals surface area contributed by atoms with Gasteiger partial charge in [0.15, 0.2) is 0 Å². The topological polar surface area (TPSA) is 79.0 Å². The number of ether oxygens (including phenoxy) is 1. The van der Waals surface area contributed by atoms with Crippen LogP contribution in [0.4, 0.5) is 10.5 Å². The van der Waals surface area contributed by atoms with E-state index in [0.717, 1.165) is 0 Å². The first kappa shape index (κ1) is 22.0. The number of amides is 3. The van der Waals surface area contributed by atoms with Crippen molar-refractivity contribution < 1.29 is 19.1 Å². The van der Waals surface area contributed by atoms with Crippen LogP contribution in [0.3, 0.4) is 0 Å². The average molecular weight is 410 g/mol. The van der Waals surface area contributed by atoms with E-state index in [9.17, 15) is 14.4 Å². The molecule has 0 saturated carbocycles. The second-order valence-electron chi connectivity index (χ2n) is 7.83. The summed E-state index contributed by atoms with van der Waals surface area (Å²) in [5, 5.41) is 3.29. The molecule has 0 aliphatic carbocycles. The van der Waals surface area contributed by atoms with E-state index >= 15 is 0 Å². The quantitative estimate of drug-likeness (QED) is 0.754. The maximum absolute atomic E-state index is 12.6. The largest absolute Gasteiger partial charge is 0.460 e. The molecular weight excluding hydrogens is 382 g/mol. The van der Waals surface area contributed by atoms with Gasteiger partial charge in [0, 0.05) is 36.8 Å². The van der Waals surface area contributed by atoms with Crippen LogP contribution in [0.5, 0.6) is 0 Å². The van der Waals surface area contributed by atoms with Crippen LogP contribution in [0.2, 0.25) is 5.02 Å². The van der Waals surface area contributed by atoms with Gasteiger partial charge in [0.05, 0.1) is 0 Å². The summed E-state index contributed by atoms with van der Waals surface area (Å²) in [6.45, 7) is 8.50. The Balaban J connectivity index is 1.84. The summed E-state index contributed by atoms with van der Waals surface area (Å²) in [5.41, 5.74) is 0.0700. The highest BCUT2D eigenvalue weighted by Crippen LogP contribution is 2.18. The minimum absolute atomic E-state index is 0.128. The van der Waals surface area contributed by atoms with Crippen molar-refractivity contribution in [3.05, 3.63) is 29.3 Å². The highest BCUT2D eigenvalue weighted by molar-refractivity contribution is 6.30. The molecule has 1 fully saturated rings. The lowest BCUT2D eigenvalue weighted by Crippen LogP contribution is -2.58. The fourth-order valence-electron chi connectivity index (χ4n) is 3.00. The van der Waals surface area contributed by atoms with Crippen molar-refractivity contribution in [1.29, 1.82) is 0 Å². The van der Waals surface area contributed by atoms with Crippen LogP contribution >= 0.6 is 11.6 Å². The Hall–Kier alpha value is -2.28. The zero-order valence-electron chi connectivity index (χ0n) is 16.8. The summed E-state index contributed by atoms with van der Waals surface area (Å²) in [4.78, 5) is 40.1. The van der Waals surface area contributed by atoms with Crippen molar-refractivity contribution in [2.45, 2.75) is 52.2 Å². The number of hydrogen-bond donors (Lipinski definition) is 1. The number of nitrogens with one attached hydrogen (secondary N) is 1. The van der Waals surface area contributed by atoms with Crippen LogP contribution in [-0.4, -0.2) is 59.0 Å². The van der Waals surface area contributed by atoms with Crippen molar-refractivity contribution in [2.24, 2.45) is 0 Å². The second-order valence-corrected chi connectivity index (χ2v) is 8.26. The SMILES string of the molecule is C[C@H]1C(=O)N(CCCC(=O)OC(C)(C)C)CCN1C(=O)Nc1cccc(Cl)c1. The van der Waals surface area contributed by atoms with E-state index in [4.69, 9.17) is 16.3 Å². The minimum Gasteiger partial charge on any atom is -0.460 e. The van der Waals surface area contributed by atoms with E-state index in [1.165, 1.54) is 4.90 Å². The van der Waals surface area contributed by atoms with E-state index in [2.05, 4.69) is 5.32 Å². The molecule has 0 spiro atoms. The lowest BCUT2D eigenvalue weighted by molar-refractivity contribution is -0.155. The molecule has 0 unspecified atom stereocenters. The first-order chi connectivity index (χ1) is 13.1. The fraction of sp³-hybridized carbons (Fsp3) is 0.550. The van der Waals surface area contributed by atoms with Gasteiger partial charge in [0.25, 0.3) is 0 Å². The number of halogens is 1. The van der Waals surface area contributed by atoms with Crippen LogP contribution in [0.1, 0.15) is 40.5 Å². The number of urea groups is 1. The van der Waals surface area contributed by atoms with Crippen molar-refractivity contribution in [2.75, 3.05) is 25.0 Å². The predicted molar refractivity (Wildman–Crippen MR) is 108 cm³/mol. The Kier molecular flexibility index (Phi) is 7.29. The van der Waals surface area contributed by atoms with Gasteiger partial charge in [-0.25, -0.2) is 4.79 Å². The lowest BCUT2D eigenvalue weighted by Gasteiger charge is -2.39. The Morgan fingerprint density at radius 3 is 2.64 bits per heavy atom. The summed E-state index contributed by atoms with van der Waals surface area (Å²) < 4.78 is 5.28. The van der Waals surface area contributed by atoms with Crippen LogP contribution in [-0.2, 0) is 14.3 Å². The van der Waals surface area contributed by atoms with Crippen LogP contribution in [0.15, 0.2) is 24.3 Å². The average Bonchev–Trinajstić information content (AvgIpc) is 2.57. The van der Waals surface area contributed by atoms with Crippen molar-refractivity contribution in [1.82, 2.24) is 9.80 Å². The number of hydrogen-bond acceptors (Lipinski definition) is 4.